The normalized spacial score (nSPS) is 14.9. The number of hydrogen-bond acceptors (Lipinski definition) is 5. The third kappa shape index (κ3) is 5.58. The van der Waals surface area contributed by atoms with Gasteiger partial charge in [0.2, 0.25) is 15.9 Å². The number of benzene rings is 2. The van der Waals surface area contributed by atoms with Crippen molar-refractivity contribution in [1.29, 1.82) is 0 Å². The van der Waals surface area contributed by atoms with Gasteiger partial charge in [-0.05, 0) is 49.9 Å². The summed E-state index contributed by atoms with van der Waals surface area (Å²) in [5.41, 5.74) is 4.90. The molecule has 0 atom stereocenters. The molecule has 0 unspecified atom stereocenters. The van der Waals surface area contributed by atoms with Gasteiger partial charge < -0.3 is 9.47 Å². The molecule has 0 aliphatic carbocycles. The van der Waals surface area contributed by atoms with Crippen molar-refractivity contribution in [1.82, 2.24) is 13.8 Å². The van der Waals surface area contributed by atoms with Crippen LogP contribution >= 0.6 is 11.3 Å². The van der Waals surface area contributed by atoms with Gasteiger partial charge in [-0.2, -0.15) is 0 Å². The SMILES string of the molecule is Cc1ccc(-c2csc(=Nc3cc(S(=O)(=O)N(C)C)ccc3C)n2CCCN2CCCC2=O)cc1. The molecule has 1 aromatic heterocycles. The quantitative estimate of drug-likeness (QED) is 0.451. The Morgan fingerprint density at radius 2 is 1.80 bits per heavy atom. The molecule has 3 aromatic rings. The lowest BCUT2D eigenvalue weighted by Gasteiger charge is -2.16. The van der Waals surface area contributed by atoms with E-state index in [2.05, 4.69) is 41.1 Å². The second kappa shape index (κ2) is 10.5. The Kier molecular flexibility index (Phi) is 7.59. The highest BCUT2D eigenvalue weighted by atomic mass is 32.2. The van der Waals surface area contributed by atoms with Gasteiger partial charge in [-0.3, -0.25) is 4.79 Å². The minimum atomic E-state index is -3.56. The van der Waals surface area contributed by atoms with Crippen molar-refractivity contribution in [2.75, 3.05) is 27.2 Å². The van der Waals surface area contributed by atoms with Crippen molar-refractivity contribution < 1.29 is 13.2 Å². The Bertz CT molecular complexity index is 1390. The van der Waals surface area contributed by atoms with Crippen LogP contribution in [0.25, 0.3) is 11.3 Å². The Hall–Kier alpha value is -2.75. The molecule has 1 aliphatic heterocycles. The van der Waals surface area contributed by atoms with Crippen molar-refractivity contribution in [3.8, 4) is 11.3 Å². The van der Waals surface area contributed by atoms with E-state index in [9.17, 15) is 13.2 Å². The van der Waals surface area contributed by atoms with Gasteiger partial charge in [0.05, 0.1) is 16.3 Å². The molecule has 1 fully saturated rings. The van der Waals surface area contributed by atoms with E-state index in [-0.39, 0.29) is 10.8 Å². The van der Waals surface area contributed by atoms with Crippen molar-refractivity contribution in [2.45, 2.75) is 44.6 Å². The van der Waals surface area contributed by atoms with Crippen LogP contribution in [0.2, 0.25) is 0 Å². The van der Waals surface area contributed by atoms with Crippen LogP contribution in [0, 0.1) is 13.8 Å². The molecule has 2 heterocycles. The zero-order valence-electron chi connectivity index (χ0n) is 20.7. The van der Waals surface area contributed by atoms with Gasteiger partial charge in [-0.25, -0.2) is 17.7 Å². The maximum atomic E-state index is 12.7. The molecule has 35 heavy (non-hydrogen) atoms. The first-order valence-corrected chi connectivity index (χ1v) is 14.1. The second-order valence-corrected chi connectivity index (χ2v) is 12.1. The average molecular weight is 513 g/mol. The standard InChI is InChI=1S/C26H32N4O3S2/c1-19-8-11-21(12-9-19)24-18-34-26(30(24)16-6-15-29-14-5-7-25(29)31)27-23-17-22(13-10-20(23)2)35(32,33)28(3)4/h8-13,17-18H,5-7,14-16H2,1-4H3. The van der Waals surface area contributed by atoms with E-state index in [4.69, 9.17) is 4.99 Å². The van der Waals surface area contributed by atoms with Crippen molar-refractivity contribution in [2.24, 2.45) is 4.99 Å². The Morgan fingerprint density at radius 3 is 2.46 bits per heavy atom. The molecular weight excluding hydrogens is 480 g/mol. The van der Waals surface area contributed by atoms with E-state index in [1.165, 1.54) is 35.3 Å². The summed E-state index contributed by atoms with van der Waals surface area (Å²) < 4.78 is 28.7. The molecule has 2 aromatic carbocycles. The van der Waals surface area contributed by atoms with Crippen LogP contribution in [0.15, 0.2) is 57.7 Å². The predicted octanol–water partition coefficient (Wildman–Crippen LogP) is 4.33. The first kappa shape index (κ1) is 25.3. The maximum Gasteiger partial charge on any atom is 0.242 e. The molecule has 1 aliphatic rings. The summed E-state index contributed by atoms with van der Waals surface area (Å²) >= 11 is 1.54. The van der Waals surface area contributed by atoms with Crippen LogP contribution in [0.3, 0.4) is 0 Å². The average Bonchev–Trinajstić information content (AvgIpc) is 3.41. The fourth-order valence-corrected chi connectivity index (χ4v) is 6.00. The van der Waals surface area contributed by atoms with E-state index in [1.54, 1.807) is 18.2 Å². The van der Waals surface area contributed by atoms with Crippen LogP contribution in [-0.4, -0.2) is 55.3 Å². The molecular formula is C26H32N4O3S2. The number of rotatable bonds is 8. The summed E-state index contributed by atoms with van der Waals surface area (Å²) in [6.45, 7) is 6.27. The topological polar surface area (TPSA) is 75.0 Å². The summed E-state index contributed by atoms with van der Waals surface area (Å²) in [4.78, 5) is 19.9. The lowest BCUT2D eigenvalue weighted by Crippen LogP contribution is -2.27. The lowest BCUT2D eigenvalue weighted by molar-refractivity contribution is -0.127. The monoisotopic (exact) mass is 512 g/mol. The fourth-order valence-electron chi connectivity index (χ4n) is 4.13. The molecule has 186 valence electrons. The van der Waals surface area contributed by atoms with Crippen LogP contribution in [0.4, 0.5) is 5.69 Å². The Labute approximate surface area is 211 Å². The third-order valence-electron chi connectivity index (χ3n) is 6.30. The van der Waals surface area contributed by atoms with Crippen LogP contribution in [-0.2, 0) is 21.4 Å². The molecule has 1 saturated heterocycles. The highest BCUT2D eigenvalue weighted by molar-refractivity contribution is 7.89. The van der Waals surface area contributed by atoms with Crippen LogP contribution in [0.5, 0.6) is 0 Å². The van der Waals surface area contributed by atoms with E-state index < -0.39 is 10.0 Å². The number of carbonyl (C=O) groups is 1. The highest BCUT2D eigenvalue weighted by Crippen LogP contribution is 2.26. The molecule has 0 bridgehead atoms. The number of aryl methyl sites for hydroxylation is 2. The number of aromatic nitrogens is 1. The number of nitrogens with zero attached hydrogens (tertiary/aromatic N) is 4. The number of sulfonamides is 1. The molecule has 0 spiro atoms. The van der Waals surface area contributed by atoms with Gasteiger partial charge in [0.1, 0.15) is 0 Å². The number of amides is 1. The van der Waals surface area contributed by atoms with E-state index >= 15 is 0 Å². The van der Waals surface area contributed by atoms with Crippen LogP contribution in [0.1, 0.15) is 30.4 Å². The van der Waals surface area contributed by atoms with E-state index in [0.717, 1.165) is 47.6 Å². The van der Waals surface area contributed by atoms with Gasteiger partial charge in [0, 0.05) is 45.5 Å². The highest BCUT2D eigenvalue weighted by Gasteiger charge is 2.20. The summed E-state index contributed by atoms with van der Waals surface area (Å²) in [6.07, 6.45) is 2.40. The van der Waals surface area contributed by atoms with Gasteiger partial charge in [-0.1, -0.05) is 35.9 Å². The predicted molar refractivity (Wildman–Crippen MR) is 140 cm³/mol. The number of hydrogen-bond donors (Lipinski definition) is 0. The minimum absolute atomic E-state index is 0.223. The Morgan fingerprint density at radius 1 is 1.06 bits per heavy atom. The molecule has 0 radical (unpaired) electrons. The zero-order chi connectivity index (χ0) is 25.2. The summed E-state index contributed by atoms with van der Waals surface area (Å²) in [7, 11) is -0.505. The van der Waals surface area contributed by atoms with E-state index in [1.807, 2.05) is 11.8 Å². The minimum Gasteiger partial charge on any atom is -0.343 e. The first-order chi connectivity index (χ1) is 16.7. The molecule has 4 rings (SSSR count). The Balaban J connectivity index is 1.74. The second-order valence-electron chi connectivity index (χ2n) is 9.11. The molecule has 0 N–H and O–H groups in total. The molecule has 0 saturated carbocycles. The summed E-state index contributed by atoms with van der Waals surface area (Å²) in [5, 5.41) is 2.10. The largest absolute Gasteiger partial charge is 0.343 e. The summed E-state index contributed by atoms with van der Waals surface area (Å²) in [6, 6.07) is 13.5. The zero-order valence-corrected chi connectivity index (χ0v) is 22.3. The van der Waals surface area contributed by atoms with Crippen molar-refractivity contribution in [3.63, 3.8) is 0 Å². The third-order valence-corrected chi connectivity index (χ3v) is 8.98. The van der Waals surface area contributed by atoms with Gasteiger partial charge in [0.25, 0.3) is 0 Å². The van der Waals surface area contributed by atoms with Gasteiger partial charge in [-0.15, -0.1) is 11.3 Å². The molecule has 9 heteroatoms. The first-order valence-electron chi connectivity index (χ1n) is 11.8. The van der Waals surface area contributed by atoms with E-state index in [0.29, 0.717) is 18.7 Å². The van der Waals surface area contributed by atoms with Crippen molar-refractivity contribution >= 4 is 33.0 Å². The van der Waals surface area contributed by atoms with Crippen LogP contribution < -0.4 is 4.80 Å². The smallest absolute Gasteiger partial charge is 0.242 e. The molecule has 7 nitrogen and oxygen atoms in total. The van der Waals surface area contributed by atoms with Gasteiger partial charge >= 0.3 is 0 Å². The number of carbonyl (C=O) groups excluding carboxylic acids is 1. The van der Waals surface area contributed by atoms with Crippen molar-refractivity contribution in [3.05, 3.63) is 63.8 Å². The van der Waals surface area contributed by atoms with Gasteiger partial charge in [0.15, 0.2) is 4.80 Å². The summed E-state index contributed by atoms with van der Waals surface area (Å²) in [5.74, 6) is 0.235. The lowest BCUT2D eigenvalue weighted by atomic mass is 10.1. The maximum absolute atomic E-state index is 12.7. The number of thiazole rings is 1. The fraction of sp³-hybridized carbons (Fsp3) is 0.385. The number of likely N-dealkylation sites (tertiary alicyclic amines) is 1. The molecule has 1 amide bonds.